The van der Waals surface area contributed by atoms with Gasteiger partial charge in [-0.05, 0) is 176 Å². The van der Waals surface area contributed by atoms with Crippen LogP contribution in [0.3, 0.4) is 0 Å². The molecule has 16 fully saturated rings. The highest BCUT2D eigenvalue weighted by molar-refractivity contribution is 5.73. The van der Waals surface area contributed by atoms with Crippen LogP contribution in [0.5, 0.6) is 0 Å². The van der Waals surface area contributed by atoms with Crippen LogP contribution in [0.25, 0.3) is 0 Å². The first-order valence-electron chi connectivity index (χ1n) is 31.0. The smallest absolute Gasteiger partial charge is 0.309 e. The minimum Gasteiger partial charge on any atom is -0.465 e. The van der Waals surface area contributed by atoms with Crippen molar-refractivity contribution in [1.82, 2.24) is 0 Å². The summed E-state index contributed by atoms with van der Waals surface area (Å²) in [5, 5.41) is 0. The van der Waals surface area contributed by atoms with Gasteiger partial charge < -0.3 is 61.6 Å². The first-order valence-corrected chi connectivity index (χ1v) is 31.0. The number of fused-ring (bicyclic) bond motifs is 7. The van der Waals surface area contributed by atoms with Gasteiger partial charge in [0, 0.05) is 24.7 Å². The van der Waals surface area contributed by atoms with Crippen LogP contribution < -0.4 is 0 Å². The van der Waals surface area contributed by atoms with Crippen LogP contribution in [-0.2, 0) is 76.0 Å². The van der Waals surface area contributed by atoms with Crippen molar-refractivity contribution in [2.24, 2.45) is 59.2 Å². The Morgan fingerprint density at radius 1 is 0.368 bits per heavy atom. The molecule has 24 unspecified atom stereocenters. The normalized spacial score (nSPS) is 49.3. The average molecular weight is 1070 g/mol. The van der Waals surface area contributed by atoms with E-state index in [1.807, 2.05) is 0 Å². The number of hydrogen-bond acceptors (Lipinski definition) is 16. The summed E-state index contributed by atoms with van der Waals surface area (Å²) in [6.07, 6.45) is 31.4. The Morgan fingerprint density at radius 3 is 1.33 bits per heavy atom. The van der Waals surface area contributed by atoms with Crippen LogP contribution in [0.4, 0.5) is 0 Å². The molecule has 9 saturated heterocycles. The summed E-state index contributed by atoms with van der Waals surface area (Å²) in [6.45, 7) is 8.81. The Kier molecular flexibility index (Phi) is 16.5. The molecule has 16 rings (SSSR count). The Bertz CT molecular complexity index is 1910. The molecule has 0 aromatic heterocycles. The molecule has 16 aliphatic rings. The van der Waals surface area contributed by atoms with E-state index in [1.165, 1.54) is 51.4 Å². The fourth-order valence-electron chi connectivity index (χ4n) is 15.2. The minimum absolute atomic E-state index is 0.00258. The van der Waals surface area contributed by atoms with Gasteiger partial charge in [0.15, 0.2) is 6.29 Å². The molecule has 16 heteroatoms. The molecular weight excluding hydrogens is 977 g/mol. The molecule has 0 spiro atoms. The summed E-state index contributed by atoms with van der Waals surface area (Å²) in [5.74, 6) is 4.96. The zero-order valence-corrected chi connectivity index (χ0v) is 45.5. The fourth-order valence-corrected chi connectivity index (χ4v) is 15.2. The summed E-state index contributed by atoms with van der Waals surface area (Å²) in [7, 11) is 0. The number of carbonyl (C=O) groups excluding carboxylic acids is 3. The van der Waals surface area contributed by atoms with Crippen molar-refractivity contribution in [3.8, 4) is 0 Å². The summed E-state index contributed by atoms with van der Waals surface area (Å²) in [6, 6.07) is 0. The molecule has 0 aromatic rings. The van der Waals surface area contributed by atoms with Crippen LogP contribution in [-0.4, -0.2) is 155 Å². The van der Waals surface area contributed by atoms with Crippen molar-refractivity contribution in [1.29, 1.82) is 0 Å². The van der Waals surface area contributed by atoms with Gasteiger partial charge in [-0.3, -0.25) is 14.4 Å². The lowest BCUT2D eigenvalue weighted by Crippen LogP contribution is -2.41. The molecule has 426 valence electrons. The van der Waals surface area contributed by atoms with E-state index in [0.29, 0.717) is 178 Å². The van der Waals surface area contributed by atoms with Gasteiger partial charge in [-0.15, -0.1) is 0 Å². The predicted octanol–water partition coefficient (Wildman–Crippen LogP) is 7.99. The van der Waals surface area contributed by atoms with Crippen LogP contribution >= 0.6 is 0 Å². The largest absolute Gasteiger partial charge is 0.465 e. The number of esters is 3. The van der Waals surface area contributed by atoms with Crippen molar-refractivity contribution in [3.05, 3.63) is 0 Å². The van der Waals surface area contributed by atoms with E-state index in [2.05, 4.69) is 13.8 Å². The summed E-state index contributed by atoms with van der Waals surface area (Å²) >= 11 is 0. The minimum atomic E-state index is -0.158. The van der Waals surface area contributed by atoms with E-state index in [1.54, 1.807) is 0 Å². The Hall–Kier alpha value is -1.99. The van der Waals surface area contributed by atoms with Crippen molar-refractivity contribution in [2.45, 2.75) is 259 Å². The Balaban J connectivity index is 0.000000102. The highest BCUT2D eigenvalue weighted by Gasteiger charge is 2.52. The number of epoxide rings is 8. The maximum absolute atomic E-state index is 12.0. The molecule has 9 heterocycles. The maximum Gasteiger partial charge on any atom is 0.309 e. The first kappa shape index (κ1) is 53.3. The second kappa shape index (κ2) is 23.5. The van der Waals surface area contributed by atoms with Gasteiger partial charge in [-0.2, -0.15) is 0 Å². The number of hydrogen-bond donors (Lipinski definition) is 0. The molecule has 0 amide bonds. The van der Waals surface area contributed by atoms with Crippen LogP contribution in [0.15, 0.2) is 0 Å². The molecule has 9 aliphatic heterocycles. The van der Waals surface area contributed by atoms with Crippen molar-refractivity contribution in [2.75, 3.05) is 39.6 Å². The number of carbonyl (C=O) groups is 3. The SMILES string of the molecule is C1CC2OC2CC1C1CO1.C1CC2OC2CC1C1COC(C2CCC3OC3C2)OC1.CC1CC2OC2CC1COC(=O)CCCCC(=O)OCC1CC2OC2CC1C.O=C(OCC1CCC2OC2C1)C1CCC2OC2C1. The highest BCUT2D eigenvalue weighted by atomic mass is 16.7. The molecule has 16 nitrogen and oxygen atoms in total. The molecule has 7 saturated carbocycles. The lowest BCUT2D eigenvalue weighted by Gasteiger charge is -2.38. The van der Waals surface area contributed by atoms with Gasteiger partial charge in [-0.25, -0.2) is 0 Å². The summed E-state index contributed by atoms with van der Waals surface area (Å²) < 4.78 is 72.6. The molecule has 0 bridgehead atoms. The van der Waals surface area contributed by atoms with Crippen molar-refractivity contribution in [3.63, 3.8) is 0 Å². The van der Waals surface area contributed by atoms with Gasteiger partial charge in [-0.1, -0.05) is 13.8 Å². The Morgan fingerprint density at radius 2 is 0.803 bits per heavy atom. The van der Waals surface area contributed by atoms with Crippen LogP contribution in [0.2, 0.25) is 0 Å². The number of ether oxygens (including phenoxy) is 13. The lowest BCUT2D eigenvalue weighted by molar-refractivity contribution is -0.235. The molecular formula is C60H90O16. The average Bonchev–Trinajstić information content (AvgIpc) is 4.22. The second-order valence-corrected chi connectivity index (χ2v) is 26.7. The predicted molar refractivity (Wildman–Crippen MR) is 271 cm³/mol. The lowest BCUT2D eigenvalue weighted by atomic mass is 9.80. The second-order valence-electron chi connectivity index (χ2n) is 26.7. The Labute approximate surface area is 450 Å². The number of unbranched alkanes of at least 4 members (excludes halogenated alkanes) is 1. The molecule has 24 atom stereocenters. The van der Waals surface area contributed by atoms with Crippen LogP contribution in [0.1, 0.15) is 162 Å². The van der Waals surface area contributed by atoms with Gasteiger partial charge in [0.05, 0.1) is 137 Å². The summed E-state index contributed by atoms with van der Waals surface area (Å²) in [5.41, 5.74) is 0. The van der Waals surface area contributed by atoms with Gasteiger partial charge in [0.2, 0.25) is 0 Å². The molecule has 7 aliphatic carbocycles. The molecule has 0 radical (unpaired) electrons. The van der Waals surface area contributed by atoms with E-state index in [-0.39, 0.29) is 30.1 Å². The van der Waals surface area contributed by atoms with Crippen molar-refractivity contribution >= 4 is 17.9 Å². The number of rotatable bonds is 15. The molecule has 76 heavy (non-hydrogen) atoms. The van der Waals surface area contributed by atoms with E-state index in [0.717, 1.165) is 102 Å². The van der Waals surface area contributed by atoms with E-state index < -0.39 is 0 Å². The third-order valence-electron chi connectivity index (χ3n) is 21.1. The van der Waals surface area contributed by atoms with E-state index in [9.17, 15) is 14.4 Å². The van der Waals surface area contributed by atoms with Gasteiger partial charge in [0.25, 0.3) is 0 Å². The standard InChI is InChI=1S/C22H34O6.C16H24O4.C14H20O4.C8H12O2/c1-13-7-17-19(27-17)9-15(13)11-25-21(23)5-3-4-6-22(24)26-12-16-10-20-18(28-20)8-14(16)2;1-3-12-14(19-12)5-9(1)11-7-17-16(18-8-11)10-2-4-13-15(6-10)20-13;15-14(9-2-4-11-13(6-9)18-11)16-7-8-1-3-10-12(5-8)17-10;1-2-6-7(10-6)3-5(1)8-4-9-8/h13-20H,3-12H2,1-2H3;9-16H,1-8H2;8-13H,1-7H2;5-8H,1-4H2. The monoisotopic (exact) mass is 1070 g/mol. The van der Waals surface area contributed by atoms with E-state index in [4.69, 9.17) is 61.6 Å². The quantitative estimate of drug-likeness (QED) is 0.0661. The third-order valence-corrected chi connectivity index (χ3v) is 21.1. The van der Waals surface area contributed by atoms with E-state index >= 15 is 0 Å². The van der Waals surface area contributed by atoms with Gasteiger partial charge >= 0.3 is 17.9 Å². The topological polar surface area (TPSA) is 198 Å². The zero-order valence-electron chi connectivity index (χ0n) is 45.5. The molecule has 0 N–H and O–H groups in total. The fraction of sp³-hybridized carbons (Fsp3) is 0.950. The van der Waals surface area contributed by atoms with Gasteiger partial charge in [0.1, 0.15) is 0 Å². The van der Waals surface area contributed by atoms with Crippen molar-refractivity contribution < 1.29 is 76.0 Å². The van der Waals surface area contributed by atoms with Crippen LogP contribution in [0, 0.1) is 59.2 Å². The molecule has 0 aromatic carbocycles. The zero-order chi connectivity index (χ0) is 51.4. The highest BCUT2D eigenvalue weighted by Crippen LogP contribution is 2.48. The maximum atomic E-state index is 12.0. The first-order chi connectivity index (χ1) is 37.1. The summed E-state index contributed by atoms with van der Waals surface area (Å²) in [4.78, 5) is 35.9. The third kappa shape index (κ3) is 14.2.